The fourth-order valence-electron chi connectivity index (χ4n) is 2.31. The summed E-state index contributed by atoms with van der Waals surface area (Å²) >= 11 is 0. The molecule has 1 aromatic rings. The molecule has 156 valence electrons. The van der Waals surface area contributed by atoms with Gasteiger partial charge in [0.25, 0.3) is 0 Å². The van der Waals surface area contributed by atoms with Crippen molar-refractivity contribution in [1.29, 1.82) is 5.26 Å². The standard InChI is InChI=1S/C17H18FN5O3S.C2H6/c1-20-15-7-6-14(12(9-19)17(15)21-10-26-2)22-16-8-11(4-5-13(16)18)23-27(3,24)25;1-2/h4-8,22-23H,10H2,1-3H3;1-2H3/b20-15?,21-17-;. The Labute approximate surface area is 170 Å². The lowest BCUT2D eigenvalue weighted by molar-refractivity contribution is 0.209. The highest BCUT2D eigenvalue weighted by atomic mass is 32.2. The van der Waals surface area contributed by atoms with E-state index in [2.05, 4.69) is 20.0 Å². The number of nitriles is 1. The van der Waals surface area contributed by atoms with Gasteiger partial charge in [0.1, 0.15) is 29.9 Å². The van der Waals surface area contributed by atoms with Gasteiger partial charge in [0.15, 0.2) is 0 Å². The van der Waals surface area contributed by atoms with Crippen LogP contribution < -0.4 is 10.0 Å². The van der Waals surface area contributed by atoms with Gasteiger partial charge in [-0.1, -0.05) is 13.8 Å². The monoisotopic (exact) mass is 421 g/mol. The summed E-state index contributed by atoms with van der Waals surface area (Å²) in [6.45, 7) is 4.03. The largest absolute Gasteiger partial charge is 0.363 e. The molecule has 0 saturated heterocycles. The molecule has 10 heteroatoms. The molecule has 1 aliphatic carbocycles. The van der Waals surface area contributed by atoms with Gasteiger partial charge >= 0.3 is 0 Å². The SMILES string of the molecule is CC.CN=C1C=CC(Nc2cc(NS(C)(=O)=O)ccc2F)=C(C#N)/C1=N/COC. The van der Waals surface area contributed by atoms with E-state index in [1.807, 2.05) is 19.9 Å². The molecular weight excluding hydrogens is 397 g/mol. The van der Waals surface area contributed by atoms with E-state index in [-0.39, 0.29) is 23.7 Å². The summed E-state index contributed by atoms with van der Waals surface area (Å²) in [5.74, 6) is -0.613. The number of nitrogens with one attached hydrogen (secondary N) is 2. The highest BCUT2D eigenvalue weighted by molar-refractivity contribution is 7.92. The van der Waals surface area contributed by atoms with Gasteiger partial charge in [0.05, 0.1) is 29.0 Å². The van der Waals surface area contributed by atoms with E-state index in [0.717, 1.165) is 12.3 Å². The summed E-state index contributed by atoms with van der Waals surface area (Å²) in [4.78, 5) is 8.27. The van der Waals surface area contributed by atoms with Crippen LogP contribution in [0.15, 0.2) is 51.6 Å². The first-order chi connectivity index (χ1) is 13.8. The summed E-state index contributed by atoms with van der Waals surface area (Å²) in [5, 5.41) is 12.4. The van der Waals surface area contributed by atoms with Gasteiger partial charge in [0.2, 0.25) is 10.0 Å². The second-order valence-corrected chi connectivity index (χ2v) is 7.21. The Kier molecular flexibility index (Phi) is 9.18. The zero-order valence-electron chi connectivity index (χ0n) is 16.9. The minimum absolute atomic E-state index is 0.000899. The molecule has 0 aromatic heterocycles. The Bertz CT molecular complexity index is 1010. The highest BCUT2D eigenvalue weighted by Gasteiger charge is 2.21. The molecule has 8 nitrogen and oxygen atoms in total. The van der Waals surface area contributed by atoms with Gasteiger partial charge in [-0.2, -0.15) is 5.26 Å². The van der Waals surface area contributed by atoms with Crippen LogP contribution in [0.25, 0.3) is 0 Å². The normalized spacial score (nSPS) is 16.3. The molecule has 0 atom stereocenters. The Balaban J connectivity index is 0.00000204. The van der Waals surface area contributed by atoms with Crippen LogP contribution >= 0.6 is 0 Å². The first-order valence-corrected chi connectivity index (χ1v) is 10.6. The molecular formula is C19H24FN5O3S. The average molecular weight is 421 g/mol. The number of rotatable bonds is 6. The van der Waals surface area contributed by atoms with E-state index in [0.29, 0.717) is 17.1 Å². The van der Waals surface area contributed by atoms with E-state index >= 15 is 0 Å². The maximum atomic E-state index is 14.2. The Hall–Kier alpha value is -3.03. The lowest BCUT2D eigenvalue weighted by Gasteiger charge is -2.17. The van der Waals surface area contributed by atoms with Gasteiger partial charge in [-0.15, -0.1) is 0 Å². The van der Waals surface area contributed by atoms with Crippen LogP contribution in [0, 0.1) is 17.1 Å². The van der Waals surface area contributed by atoms with Crippen LogP contribution in [0.3, 0.4) is 0 Å². The summed E-state index contributed by atoms with van der Waals surface area (Å²) < 4.78 is 44.1. The molecule has 2 N–H and O–H groups in total. The van der Waals surface area contributed by atoms with Crippen molar-refractivity contribution in [3.8, 4) is 6.07 Å². The zero-order chi connectivity index (χ0) is 22.0. The number of sulfonamides is 1. The first-order valence-electron chi connectivity index (χ1n) is 8.66. The Morgan fingerprint density at radius 1 is 1.28 bits per heavy atom. The van der Waals surface area contributed by atoms with Crippen molar-refractivity contribution >= 4 is 32.8 Å². The summed E-state index contributed by atoms with van der Waals surface area (Å²) in [6, 6.07) is 5.74. The Morgan fingerprint density at radius 2 is 1.97 bits per heavy atom. The first kappa shape index (κ1) is 24.0. The van der Waals surface area contributed by atoms with Crippen molar-refractivity contribution in [3.05, 3.63) is 47.4 Å². The smallest absolute Gasteiger partial charge is 0.229 e. The topological polar surface area (TPSA) is 116 Å². The number of anilines is 2. The van der Waals surface area contributed by atoms with Crippen molar-refractivity contribution in [2.45, 2.75) is 13.8 Å². The van der Waals surface area contributed by atoms with Crippen molar-refractivity contribution in [1.82, 2.24) is 0 Å². The zero-order valence-corrected chi connectivity index (χ0v) is 17.8. The molecule has 0 bridgehead atoms. The number of halogens is 1. The number of ether oxygens (including phenoxy) is 1. The molecule has 0 amide bonds. The minimum atomic E-state index is -3.51. The van der Waals surface area contributed by atoms with Crippen molar-refractivity contribution in [3.63, 3.8) is 0 Å². The van der Waals surface area contributed by atoms with E-state index in [1.54, 1.807) is 19.2 Å². The third-order valence-electron chi connectivity index (χ3n) is 3.40. The molecule has 2 rings (SSSR count). The number of methoxy groups -OCH3 is 1. The third kappa shape index (κ3) is 6.81. The van der Waals surface area contributed by atoms with Gasteiger partial charge in [-0.05, 0) is 30.4 Å². The molecule has 0 saturated carbocycles. The molecule has 29 heavy (non-hydrogen) atoms. The van der Waals surface area contributed by atoms with Crippen LogP contribution in [0.2, 0.25) is 0 Å². The van der Waals surface area contributed by atoms with Crippen LogP contribution in [0.5, 0.6) is 0 Å². The number of hydrogen-bond acceptors (Lipinski definition) is 7. The van der Waals surface area contributed by atoms with Crippen LogP contribution in [-0.2, 0) is 14.8 Å². The highest BCUT2D eigenvalue weighted by Crippen LogP contribution is 2.25. The maximum Gasteiger partial charge on any atom is 0.229 e. The average Bonchev–Trinajstić information content (AvgIpc) is 2.69. The molecule has 0 aliphatic heterocycles. The molecule has 0 radical (unpaired) electrons. The maximum absolute atomic E-state index is 14.2. The van der Waals surface area contributed by atoms with Gasteiger partial charge in [0, 0.05) is 14.2 Å². The molecule has 1 aliphatic rings. The summed E-state index contributed by atoms with van der Waals surface area (Å²) in [5.41, 5.74) is 1.45. The van der Waals surface area contributed by atoms with E-state index in [4.69, 9.17) is 4.74 Å². The number of benzene rings is 1. The predicted octanol–water partition coefficient (Wildman–Crippen LogP) is 3.10. The number of nitrogens with zero attached hydrogens (tertiary/aromatic N) is 3. The summed E-state index contributed by atoms with van der Waals surface area (Å²) in [7, 11) is -0.479. The number of hydrogen-bond donors (Lipinski definition) is 2. The van der Waals surface area contributed by atoms with Crippen molar-refractivity contribution < 1.29 is 17.5 Å². The molecule has 0 heterocycles. The number of allylic oxidation sites excluding steroid dienone is 3. The van der Waals surface area contributed by atoms with E-state index in [1.165, 1.54) is 19.2 Å². The molecule has 1 aromatic carbocycles. The van der Waals surface area contributed by atoms with Crippen molar-refractivity contribution in [2.24, 2.45) is 9.98 Å². The molecule has 0 fully saturated rings. The van der Waals surface area contributed by atoms with E-state index in [9.17, 15) is 18.1 Å². The van der Waals surface area contributed by atoms with Gasteiger partial charge in [-0.25, -0.2) is 12.8 Å². The summed E-state index contributed by atoms with van der Waals surface area (Å²) in [6.07, 6.45) is 4.20. The quantitative estimate of drug-likeness (QED) is 0.685. The predicted molar refractivity (Wildman–Crippen MR) is 114 cm³/mol. The second-order valence-electron chi connectivity index (χ2n) is 5.46. The van der Waals surface area contributed by atoms with Crippen LogP contribution in [-0.4, -0.2) is 47.0 Å². The fourth-order valence-corrected chi connectivity index (χ4v) is 2.87. The van der Waals surface area contributed by atoms with Gasteiger partial charge < -0.3 is 10.1 Å². The molecule has 0 spiro atoms. The lowest BCUT2D eigenvalue weighted by Crippen LogP contribution is -2.22. The third-order valence-corrected chi connectivity index (χ3v) is 4.01. The van der Waals surface area contributed by atoms with Crippen LogP contribution in [0.1, 0.15) is 13.8 Å². The molecule has 0 unspecified atom stereocenters. The lowest BCUT2D eigenvalue weighted by atomic mass is 9.98. The number of aliphatic imine (C=N–C) groups is 2. The van der Waals surface area contributed by atoms with Crippen molar-refractivity contribution in [2.75, 3.05) is 37.2 Å². The van der Waals surface area contributed by atoms with Crippen LogP contribution in [0.4, 0.5) is 15.8 Å². The second kappa shape index (κ2) is 11.1. The van der Waals surface area contributed by atoms with E-state index < -0.39 is 15.8 Å². The minimum Gasteiger partial charge on any atom is -0.363 e. The van der Waals surface area contributed by atoms with Gasteiger partial charge in [-0.3, -0.25) is 14.7 Å². The fraction of sp³-hybridized carbons (Fsp3) is 0.316. The Morgan fingerprint density at radius 3 is 2.52 bits per heavy atom.